The summed E-state index contributed by atoms with van der Waals surface area (Å²) in [6.07, 6.45) is 6.95. The van der Waals surface area contributed by atoms with Gasteiger partial charge in [0.25, 0.3) is 0 Å². The van der Waals surface area contributed by atoms with Gasteiger partial charge in [-0.2, -0.15) is 0 Å². The zero-order valence-corrected chi connectivity index (χ0v) is 21.1. The SMILES string of the molecule is Cc1cc(Cl)cc(C)c1NC(=O)C(C)[PH]1(CC(=O)OCc2ccccc2)CCCCCC1. The van der Waals surface area contributed by atoms with Gasteiger partial charge in [-0.15, -0.1) is 0 Å². The second kappa shape index (κ2) is 11.3. The van der Waals surface area contributed by atoms with Crippen molar-refractivity contribution in [3.05, 3.63) is 64.2 Å². The molecule has 1 aliphatic heterocycles. The van der Waals surface area contributed by atoms with Crippen molar-refractivity contribution in [2.45, 2.75) is 58.7 Å². The molecular weight excluding hydrogens is 441 g/mol. The average molecular weight is 476 g/mol. The number of anilines is 1. The molecule has 1 aliphatic rings. The number of carbonyl (C=O) groups excluding carboxylic acids is 2. The molecule has 2 aromatic carbocycles. The van der Waals surface area contributed by atoms with E-state index in [-0.39, 0.29) is 24.1 Å². The van der Waals surface area contributed by atoms with Crippen LogP contribution in [0, 0.1) is 13.8 Å². The van der Waals surface area contributed by atoms with E-state index in [1.165, 1.54) is 12.8 Å². The molecule has 1 saturated heterocycles. The van der Waals surface area contributed by atoms with Crippen molar-refractivity contribution in [2.24, 2.45) is 0 Å². The van der Waals surface area contributed by atoms with Crippen LogP contribution >= 0.6 is 18.9 Å². The molecular formula is C26H35ClNO3P. The summed E-state index contributed by atoms with van der Waals surface area (Å²) in [7, 11) is -2.21. The van der Waals surface area contributed by atoms with E-state index in [9.17, 15) is 9.59 Å². The average Bonchev–Trinajstić information content (AvgIpc) is 3.01. The van der Waals surface area contributed by atoms with E-state index in [4.69, 9.17) is 16.3 Å². The van der Waals surface area contributed by atoms with E-state index in [0.717, 1.165) is 47.5 Å². The summed E-state index contributed by atoms with van der Waals surface area (Å²) >= 11 is 6.16. The van der Waals surface area contributed by atoms with Crippen LogP contribution < -0.4 is 5.32 Å². The molecule has 1 unspecified atom stereocenters. The second-order valence-corrected chi connectivity index (χ2v) is 14.6. The van der Waals surface area contributed by atoms with Crippen LogP contribution in [0.4, 0.5) is 5.69 Å². The van der Waals surface area contributed by atoms with Crippen molar-refractivity contribution in [1.29, 1.82) is 0 Å². The Labute approximate surface area is 197 Å². The Bertz CT molecular complexity index is 916. The quantitative estimate of drug-likeness (QED) is 0.375. The van der Waals surface area contributed by atoms with E-state index in [2.05, 4.69) is 5.32 Å². The Morgan fingerprint density at radius 1 is 1.03 bits per heavy atom. The predicted molar refractivity (Wildman–Crippen MR) is 137 cm³/mol. The van der Waals surface area contributed by atoms with Gasteiger partial charge in [0.1, 0.15) is 0 Å². The molecule has 1 heterocycles. The molecule has 6 heteroatoms. The van der Waals surface area contributed by atoms with Crippen molar-refractivity contribution >= 4 is 36.4 Å². The van der Waals surface area contributed by atoms with Crippen LogP contribution in [0.25, 0.3) is 0 Å². The number of aryl methyl sites for hydroxylation is 2. The summed E-state index contributed by atoms with van der Waals surface area (Å²) in [6, 6.07) is 13.5. The molecule has 0 aromatic heterocycles. The number of carbonyl (C=O) groups is 2. The van der Waals surface area contributed by atoms with Crippen molar-refractivity contribution in [3.63, 3.8) is 0 Å². The van der Waals surface area contributed by atoms with Crippen LogP contribution in [0.3, 0.4) is 0 Å². The molecule has 1 amide bonds. The third-order valence-electron chi connectivity index (χ3n) is 6.90. The predicted octanol–water partition coefficient (Wildman–Crippen LogP) is 6.35. The maximum absolute atomic E-state index is 13.4. The normalized spacial score (nSPS) is 17.6. The molecule has 2 aromatic rings. The van der Waals surface area contributed by atoms with Crippen LogP contribution in [-0.4, -0.2) is 36.0 Å². The van der Waals surface area contributed by atoms with Crippen molar-refractivity contribution < 1.29 is 14.3 Å². The molecule has 3 rings (SSSR count). The first-order valence-corrected chi connectivity index (χ1v) is 14.7. The Morgan fingerprint density at radius 2 is 1.62 bits per heavy atom. The number of halogens is 1. The number of esters is 1. The van der Waals surface area contributed by atoms with E-state index in [1.807, 2.05) is 63.2 Å². The Hall–Kier alpha value is -1.90. The number of hydrogen-bond acceptors (Lipinski definition) is 3. The molecule has 0 aliphatic carbocycles. The third-order valence-corrected chi connectivity index (χ3v) is 12.9. The van der Waals surface area contributed by atoms with Gasteiger partial charge in [-0.05, 0) is 0 Å². The maximum atomic E-state index is 13.4. The number of rotatable bonds is 7. The first-order chi connectivity index (χ1) is 15.3. The number of hydrogen-bond donors (Lipinski definition) is 1. The topological polar surface area (TPSA) is 55.4 Å². The van der Waals surface area contributed by atoms with Gasteiger partial charge in [-0.25, -0.2) is 0 Å². The number of benzene rings is 2. The summed E-state index contributed by atoms with van der Waals surface area (Å²) in [5.41, 5.74) is 3.55. The van der Waals surface area contributed by atoms with Gasteiger partial charge in [-0.3, -0.25) is 0 Å². The van der Waals surface area contributed by atoms with Crippen LogP contribution in [-0.2, 0) is 20.9 Å². The fourth-order valence-electron chi connectivity index (χ4n) is 4.89. The van der Waals surface area contributed by atoms with Crippen molar-refractivity contribution in [1.82, 2.24) is 0 Å². The zero-order chi connectivity index (χ0) is 23.1. The summed E-state index contributed by atoms with van der Waals surface area (Å²) in [4.78, 5) is 26.3. The van der Waals surface area contributed by atoms with Gasteiger partial charge in [-0.1, -0.05) is 0 Å². The van der Waals surface area contributed by atoms with Gasteiger partial charge in [0, 0.05) is 0 Å². The molecule has 1 N–H and O–H groups in total. The molecule has 1 fully saturated rings. The molecule has 0 saturated carbocycles. The van der Waals surface area contributed by atoms with Gasteiger partial charge in [0.15, 0.2) is 0 Å². The Morgan fingerprint density at radius 3 is 2.22 bits per heavy atom. The molecule has 4 nitrogen and oxygen atoms in total. The second-order valence-electron chi connectivity index (χ2n) is 9.23. The Kier molecular flexibility index (Phi) is 8.73. The summed E-state index contributed by atoms with van der Waals surface area (Å²) < 4.78 is 5.65. The standard InChI is InChI=1S/C26H35ClNO3P/c1-19-15-23(27)16-20(2)25(19)28-26(30)21(3)32(13-9-4-5-10-14-32)18-24(29)31-17-22-11-7-6-8-12-22/h6-8,11-12,15-16,21,32H,4-5,9-10,13-14,17-18H2,1-3H3,(H,28,30). The van der Waals surface area contributed by atoms with Gasteiger partial charge in [0.05, 0.1) is 0 Å². The van der Waals surface area contributed by atoms with Crippen LogP contribution in [0.5, 0.6) is 0 Å². The monoisotopic (exact) mass is 475 g/mol. The number of ether oxygens (including phenoxy) is 1. The summed E-state index contributed by atoms with van der Waals surface area (Å²) in [5.74, 6) is -0.149. The zero-order valence-electron chi connectivity index (χ0n) is 19.4. The molecule has 32 heavy (non-hydrogen) atoms. The molecule has 0 bridgehead atoms. The fourth-order valence-corrected chi connectivity index (χ4v) is 10.2. The minimum atomic E-state index is -2.21. The van der Waals surface area contributed by atoms with Gasteiger partial charge >= 0.3 is 197 Å². The molecule has 174 valence electrons. The summed E-state index contributed by atoms with van der Waals surface area (Å²) in [5, 5.41) is 3.83. The first kappa shape index (κ1) is 24.7. The third kappa shape index (κ3) is 6.33. The van der Waals surface area contributed by atoms with Gasteiger partial charge < -0.3 is 0 Å². The minimum absolute atomic E-state index is 0.0166. The first-order valence-electron chi connectivity index (χ1n) is 11.6. The number of amides is 1. The molecule has 0 spiro atoms. The molecule has 1 atom stereocenters. The number of nitrogens with one attached hydrogen (secondary N) is 1. The van der Waals surface area contributed by atoms with E-state index < -0.39 is 7.26 Å². The van der Waals surface area contributed by atoms with Crippen LogP contribution in [0.15, 0.2) is 42.5 Å². The van der Waals surface area contributed by atoms with E-state index in [0.29, 0.717) is 11.2 Å². The summed E-state index contributed by atoms with van der Waals surface area (Å²) in [6.45, 7) is 6.23. The van der Waals surface area contributed by atoms with Crippen LogP contribution in [0.1, 0.15) is 49.3 Å². The fraction of sp³-hybridized carbons (Fsp3) is 0.462. The van der Waals surface area contributed by atoms with E-state index >= 15 is 0 Å². The Balaban J connectivity index is 1.74. The van der Waals surface area contributed by atoms with Gasteiger partial charge in [0.2, 0.25) is 0 Å². The van der Waals surface area contributed by atoms with Crippen molar-refractivity contribution in [2.75, 3.05) is 23.8 Å². The van der Waals surface area contributed by atoms with Crippen LogP contribution in [0.2, 0.25) is 5.02 Å². The van der Waals surface area contributed by atoms with E-state index in [1.54, 1.807) is 0 Å². The van der Waals surface area contributed by atoms with Crippen molar-refractivity contribution in [3.8, 4) is 0 Å². The molecule has 0 radical (unpaired) electrons.